The molecule has 1 spiro atoms. The molecule has 0 aliphatic heterocycles. The first-order chi connectivity index (χ1) is 17.4. The van der Waals surface area contributed by atoms with Gasteiger partial charge in [0.25, 0.3) is 0 Å². The van der Waals surface area contributed by atoms with Gasteiger partial charge < -0.3 is 14.4 Å². The number of allylic oxidation sites excluding steroid dienone is 1. The average molecular weight is 485 g/mol. The molecule has 3 fully saturated rings. The van der Waals surface area contributed by atoms with E-state index in [1.54, 1.807) is 13.0 Å². The van der Waals surface area contributed by atoms with Gasteiger partial charge in [-0.2, -0.15) is 0 Å². The van der Waals surface area contributed by atoms with E-state index in [0.29, 0.717) is 41.1 Å². The van der Waals surface area contributed by atoms with Crippen LogP contribution in [0.4, 0.5) is 0 Å². The van der Waals surface area contributed by atoms with Crippen molar-refractivity contribution in [2.75, 3.05) is 6.61 Å². The Bertz CT molecular complexity index is 1320. The first-order valence-corrected chi connectivity index (χ1v) is 13.0. The van der Waals surface area contributed by atoms with Crippen LogP contribution in [0.1, 0.15) is 77.4 Å². The zero-order chi connectivity index (χ0) is 24.9. The minimum absolute atomic E-state index is 0.0833. The average Bonchev–Trinajstić information content (AvgIpc) is 3.56. The van der Waals surface area contributed by atoms with Gasteiger partial charge in [-0.15, -0.1) is 0 Å². The fraction of sp³-hybridized carbons (Fsp3) is 0.433. The van der Waals surface area contributed by atoms with Gasteiger partial charge in [0, 0.05) is 17.0 Å². The van der Waals surface area contributed by atoms with Gasteiger partial charge >= 0.3 is 5.97 Å². The number of aromatic carboxylic acids is 1. The summed E-state index contributed by atoms with van der Waals surface area (Å²) in [6, 6.07) is 10.2. The van der Waals surface area contributed by atoms with E-state index in [0.717, 1.165) is 17.0 Å². The summed E-state index contributed by atoms with van der Waals surface area (Å²) in [6.07, 6.45) is 13.4. The summed E-state index contributed by atoms with van der Waals surface area (Å²) in [5, 5.41) is 13.6. The molecule has 6 heteroatoms. The molecule has 0 unspecified atom stereocenters. The largest absolute Gasteiger partial charge is 0.492 e. The Labute approximate surface area is 211 Å². The lowest BCUT2D eigenvalue weighted by Gasteiger charge is -2.57. The van der Waals surface area contributed by atoms with E-state index >= 15 is 0 Å². The highest BCUT2D eigenvalue weighted by Gasteiger charge is 2.52. The van der Waals surface area contributed by atoms with Gasteiger partial charge in [0.2, 0.25) is 0 Å². The maximum absolute atomic E-state index is 11.1. The van der Waals surface area contributed by atoms with Crippen molar-refractivity contribution in [1.82, 2.24) is 10.1 Å². The van der Waals surface area contributed by atoms with Crippen LogP contribution in [-0.2, 0) is 0 Å². The van der Waals surface area contributed by atoms with E-state index < -0.39 is 5.97 Å². The number of carbonyl (C=O) groups is 1. The topological polar surface area (TPSA) is 85.5 Å². The van der Waals surface area contributed by atoms with E-state index in [1.165, 1.54) is 55.8 Å². The number of aryl methyl sites for hydroxylation is 2. The van der Waals surface area contributed by atoms with Crippen LogP contribution in [0.2, 0.25) is 0 Å². The van der Waals surface area contributed by atoms with Crippen LogP contribution < -0.4 is 4.74 Å². The summed E-state index contributed by atoms with van der Waals surface area (Å²) in [5.74, 6) is 2.38. The lowest BCUT2D eigenvalue weighted by molar-refractivity contribution is -0.0657. The standard InChI is InChI=1S/C30H32N2O4/c1-18-5-3-4-6-24(18)27-25(28(36-32-27)22-8-9-22)10-7-20-12-30(13-20)14-21(15-30)17-35-23-11-19(2)26(29(33)34)31-16-23/h3-7,10-11,16,20-22H,8-9,12-15,17H2,1-2H3,(H,33,34)/b10-7+. The van der Waals surface area contributed by atoms with Crippen molar-refractivity contribution in [3.63, 3.8) is 0 Å². The molecule has 6 nitrogen and oxygen atoms in total. The molecule has 1 aromatic carbocycles. The number of carboxylic acids is 1. The fourth-order valence-electron chi connectivity index (χ4n) is 6.25. The van der Waals surface area contributed by atoms with Crippen molar-refractivity contribution in [2.24, 2.45) is 17.3 Å². The van der Waals surface area contributed by atoms with Gasteiger partial charge in [0.05, 0.1) is 12.8 Å². The third-order valence-electron chi connectivity index (χ3n) is 8.21. The second-order valence-corrected chi connectivity index (χ2v) is 11.2. The van der Waals surface area contributed by atoms with Crippen LogP contribution in [0.5, 0.6) is 5.75 Å². The molecule has 0 amide bonds. The maximum Gasteiger partial charge on any atom is 0.354 e. The summed E-state index contributed by atoms with van der Waals surface area (Å²) in [6.45, 7) is 4.55. The Hall–Kier alpha value is -3.41. The van der Waals surface area contributed by atoms with Crippen molar-refractivity contribution in [2.45, 2.75) is 58.3 Å². The predicted octanol–water partition coefficient (Wildman–Crippen LogP) is 6.83. The Morgan fingerprint density at radius 2 is 1.94 bits per heavy atom. The SMILES string of the molecule is Cc1ccccc1-c1noc(C2CC2)c1/C=C/C1CC2(C1)CC(COc1cnc(C(=O)O)c(C)c1)C2. The predicted molar refractivity (Wildman–Crippen MR) is 137 cm³/mol. The van der Waals surface area contributed by atoms with Crippen molar-refractivity contribution >= 4 is 12.0 Å². The van der Waals surface area contributed by atoms with Gasteiger partial charge in [-0.05, 0) is 86.8 Å². The number of rotatable bonds is 8. The minimum Gasteiger partial charge on any atom is -0.492 e. The fourth-order valence-corrected chi connectivity index (χ4v) is 6.25. The smallest absolute Gasteiger partial charge is 0.354 e. The third kappa shape index (κ3) is 4.34. The number of hydrogen-bond acceptors (Lipinski definition) is 5. The Kier molecular flexibility index (Phi) is 5.70. The van der Waals surface area contributed by atoms with Crippen LogP contribution in [-0.4, -0.2) is 27.8 Å². The molecule has 6 rings (SSSR count). The molecule has 0 saturated heterocycles. The molecule has 1 N–H and O–H groups in total. The minimum atomic E-state index is -1.01. The van der Waals surface area contributed by atoms with Gasteiger partial charge in [0.1, 0.15) is 17.2 Å². The van der Waals surface area contributed by atoms with Gasteiger partial charge in [0.15, 0.2) is 5.69 Å². The third-order valence-corrected chi connectivity index (χ3v) is 8.21. The molecule has 0 radical (unpaired) electrons. The van der Waals surface area contributed by atoms with E-state index in [4.69, 9.17) is 14.4 Å². The quantitative estimate of drug-likeness (QED) is 0.377. The van der Waals surface area contributed by atoms with Gasteiger partial charge in [-0.3, -0.25) is 0 Å². The molecule has 2 aromatic heterocycles. The first kappa shape index (κ1) is 23.0. The normalized spacial score (nSPS) is 25.1. The number of hydrogen-bond donors (Lipinski definition) is 1. The molecule has 3 saturated carbocycles. The van der Waals surface area contributed by atoms with E-state index in [9.17, 15) is 4.79 Å². The van der Waals surface area contributed by atoms with Crippen LogP contribution in [0.15, 0.2) is 47.1 Å². The van der Waals surface area contributed by atoms with E-state index in [-0.39, 0.29) is 5.69 Å². The van der Waals surface area contributed by atoms with Crippen molar-refractivity contribution in [1.29, 1.82) is 0 Å². The summed E-state index contributed by atoms with van der Waals surface area (Å²) in [7, 11) is 0. The molecule has 36 heavy (non-hydrogen) atoms. The van der Waals surface area contributed by atoms with Crippen molar-refractivity contribution in [3.05, 3.63) is 70.7 Å². The van der Waals surface area contributed by atoms with Crippen LogP contribution in [0, 0.1) is 31.1 Å². The number of ether oxygens (including phenoxy) is 1. The number of aromatic nitrogens is 2. The summed E-state index contributed by atoms with van der Waals surface area (Å²) in [4.78, 5) is 15.1. The molecule has 3 aliphatic carbocycles. The molecule has 186 valence electrons. The molecule has 3 aliphatic rings. The Balaban J connectivity index is 1.04. The zero-order valence-corrected chi connectivity index (χ0v) is 20.9. The van der Waals surface area contributed by atoms with Crippen molar-refractivity contribution in [3.8, 4) is 17.0 Å². The summed E-state index contributed by atoms with van der Waals surface area (Å²) in [5.41, 5.74) is 5.70. The van der Waals surface area contributed by atoms with Crippen LogP contribution in [0.3, 0.4) is 0 Å². The maximum atomic E-state index is 11.1. The van der Waals surface area contributed by atoms with Crippen LogP contribution in [0.25, 0.3) is 17.3 Å². The van der Waals surface area contributed by atoms with Crippen LogP contribution >= 0.6 is 0 Å². The van der Waals surface area contributed by atoms with Gasteiger partial charge in [-0.25, -0.2) is 9.78 Å². The van der Waals surface area contributed by atoms with Crippen molar-refractivity contribution < 1.29 is 19.2 Å². The summed E-state index contributed by atoms with van der Waals surface area (Å²) < 4.78 is 11.8. The molecular formula is C30H32N2O4. The lowest BCUT2D eigenvalue weighted by Crippen LogP contribution is -2.48. The Morgan fingerprint density at radius 3 is 2.64 bits per heavy atom. The zero-order valence-electron chi connectivity index (χ0n) is 20.9. The lowest BCUT2D eigenvalue weighted by atomic mass is 9.48. The second-order valence-electron chi connectivity index (χ2n) is 11.2. The molecule has 0 bridgehead atoms. The number of pyridine rings is 1. The van der Waals surface area contributed by atoms with E-state index in [1.807, 2.05) is 0 Å². The highest BCUT2D eigenvalue weighted by Crippen LogP contribution is 2.61. The molecular weight excluding hydrogens is 452 g/mol. The number of carboxylic acid groups (broad SMARTS) is 1. The van der Waals surface area contributed by atoms with Gasteiger partial charge in [-0.1, -0.05) is 41.6 Å². The summed E-state index contributed by atoms with van der Waals surface area (Å²) >= 11 is 0. The molecule has 0 atom stereocenters. The second kappa shape index (κ2) is 8.91. The Morgan fingerprint density at radius 1 is 1.17 bits per heavy atom. The highest BCUT2D eigenvalue weighted by molar-refractivity contribution is 5.87. The highest BCUT2D eigenvalue weighted by atomic mass is 16.5. The molecule has 3 aromatic rings. The molecule has 2 heterocycles. The first-order valence-electron chi connectivity index (χ1n) is 13.0. The number of benzene rings is 1. The van der Waals surface area contributed by atoms with E-state index in [2.05, 4.69) is 53.5 Å². The monoisotopic (exact) mass is 484 g/mol. The number of nitrogens with zero attached hydrogens (tertiary/aromatic N) is 2.